The van der Waals surface area contributed by atoms with Gasteiger partial charge in [0.25, 0.3) is 0 Å². The maximum Gasteiger partial charge on any atom is 0.417 e. The zero-order chi connectivity index (χ0) is 18.6. The van der Waals surface area contributed by atoms with Crippen molar-refractivity contribution in [1.82, 2.24) is 9.88 Å². The molecule has 0 saturated carbocycles. The van der Waals surface area contributed by atoms with Crippen molar-refractivity contribution in [3.63, 3.8) is 0 Å². The standard InChI is InChI=1S/C19H19F3N2OS/c20-19(21,22)15-9-10-16(23-13-15)26-17(14-7-3-1-4-8-14)18(25)24-11-5-2-6-12-24/h1,3-4,7-10,13,17H,2,5-6,11-12H2. The molecule has 3 nitrogen and oxygen atoms in total. The first-order valence-corrected chi connectivity index (χ1v) is 9.37. The molecule has 1 fully saturated rings. The predicted molar refractivity (Wildman–Crippen MR) is 94.7 cm³/mol. The molecule has 0 radical (unpaired) electrons. The minimum atomic E-state index is -4.42. The predicted octanol–water partition coefficient (Wildman–Crippen LogP) is 4.95. The molecule has 0 aliphatic carbocycles. The van der Waals surface area contributed by atoms with Crippen molar-refractivity contribution >= 4 is 17.7 Å². The molecule has 1 amide bonds. The average molecular weight is 380 g/mol. The molecule has 0 spiro atoms. The van der Waals surface area contributed by atoms with Gasteiger partial charge in [0.05, 0.1) is 10.6 Å². The maximum absolute atomic E-state index is 13.0. The number of likely N-dealkylation sites (tertiary alicyclic amines) is 1. The van der Waals surface area contributed by atoms with Gasteiger partial charge >= 0.3 is 6.18 Å². The van der Waals surface area contributed by atoms with Gasteiger partial charge in [-0.3, -0.25) is 4.79 Å². The molecule has 1 saturated heterocycles. The second-order valence-corrected chi connectivity index (χ2v) is 7.30. The fraction of sp³-hybridized carbons (Fsp3) is 0.368. The zero-order valence-corrected chi connectivity index (χ0v) is 14.9. The Morgan fingerprint density at radius 2 is 1.73 bits per heavy atom. The number of benzene rings is 1. The normalized spacial score (nSPS) is 16.3. The Bertz CT molecular complexity index is 729. The molecule has 1 unspecified atom stereocenters. The third kappa shape index (κ3) is 4.58. The molecule has 7 heteroatoms. The minimum absolute atomic E-state index is 0.0115. The van der Waals surface area contributed by atoms with E-state index in [2.05, 4.69) is 4.98 Å². The van der Waals surface area contributed by atoms with Crippen LogP contribution in [0.15, 0.2) is 53.7 Å². The Labute approximate surface area is 154 Å². The summed E-state index contributed by atoms with van der Waals surface area (Å²) >= 11 is 1.19. The van der Waals surface area contributed by atoms with E-state index in [1.807, 2.05) is 35.2 Å². The third-order valence-corrected chi connectivity index (χ3v) is 5.49. The first-order valence-electron chi connectivity index (χ1n) is 8.49. The Balaban J connectivity index is 1.83. The van der Waals surface area contributed by atoms with E-state index in [0.717, 1.165) is 50.2 Å². The first-order chi connectivity index (χ1) is 12.4. The molecule has 2 aromatic rings. The second kappa shape index (κ2) is 8.12. The molecular weight excluding hydrogens is 361 g/mol. The van der Waals surface area contributed by atoms with E-state index in [4.69, 9.17) is 0 Å². The van der Waals surface area contributed by atoms with Gasteiger partial charge in [-0.25, -0.2) is 4.98 Å². The summed E-state index contributed by atoms with van der Waals surface area (Å²) in [6, 6.07) is 11.6. The summed E-state index contributed by atoms with van der Waals surface area (Å²) in [7, 11) is 0. The van der Waals surface area contributed by atoms with E-state index >= 15 is 0 Å². The highest BCUT2D eigenvalue weighted by molar-refractivity contribution is 8.00. The Hall–Kier alpha value is -2.02. The summed E-state index contributed by atoms with van der Waals surface area (Å²) in [5.74, 6) is -0.0115. The molecule has 1 aromatic carbocycles. The summed E-state index contributed by atoms with van der Waals surface area (Å²) in [6.45, 7) is 1.45. The van der Waals surface area contributed by atoms with Gasteiger partial charge in [0.1, 0.15) is 5.25 Å². The van der Waals surface area contributed by atoms with Gasteiger partial charge in [0.2, 0.25) is 5.91 Å². The molecule has 1 aromatic heterocycles. The van der Waals surface area contributed by atoms with Gasteiger partial charge < -0.3 is 4.90 Å². The van der Waals surface area contributed by atoms with Gasteiger partial charge in [0.15, 0.2) is 0 Å². The van der Waals surface area contributed by atoms with E-state index in [0.29, 0.717) is 5.03 Å². The monoisotopic (exact) mass is 380 g/mol. The smallest absolute Gasteiger partial charge is 0.341 e. The summed E-state index contributed by atoms with van der Waals surface area (Å²) in [4.78, 5) is 18.8. The molecule has 0 bridgehead atoms. The summed E-state index contributed by atoms with van der Waals surface area (Å²) < 4.78 is 38.1. The topological polar surface area (TPSA) is 33.2 Å². The van der Waals surface area contributed by atoms with Crippen molar-refractivity contribution < 1.29 is 18.0 Å². The van der Waals surface area contributed by atoms with Crippen molar-refractivity contribution in [3.8, 4) is 0 Å². The van der Waals surface area contributed by atoms with Gasteiger partial charge in [-0.1, -0.05) is 42.1 Å². The molecule has 1 aliphatic heterocycles. The highest BCUT2D eigenvalue weighted by atomic mass is 32.2. The SMILES string of the molecule is O=C(C(Sc1ccc(C(F)(F)F)cn1)c1ccccc1)N1CCCCC1. The highest BCUT2D eigenvalue weighted by Crippen LogP contribution is 2.37. The Kier molecular flexibility index (Phi) is 5.86. The Morgan fingerprint density at radius 1 is 1.04 bits per heavy atom. The van der Waals surface area contributed by atoms with Crippen LogP contribution >= 0.6 is 11.8 Å². The number of aromatic nitrogens is 1. The number of hydrogen-bond donors (Lipinski definition) is 0. The minimum Gasteiger partial charge on any atom is -0.341 e. The fourth-order valence-corrected chi connectivity index (χ4v) is 3.95. The molecule has 1 atom stereocenters. The molecule has 138 valence electrons. The molecular formula is C19H19F3N2OS. The third-order valence-electron chi connectivity index (χ3n) is 4.30. The van der Waals surface area contributed by atoms with Crippen LogP contribution in [0.2, 0.25) is 0 Å². The van der Waals surface area contributed by atoms with E-state index in [1.54, 1.807) is 0 Å². The number of hydrogen-bond acceptors (Lipinski definition) is 3. The van der Waals surface area contributed by atoms with Gasteiger partial charge in [0, 0.05) is 19.3 Å². The number of rotatable bonds is 4. The zero-order valence-electron chi connectivity index (χ0n) is 14.1. The quantitative estimate of drug-likeness (QED) is 0.704. The number of pyridine rings is 1. The molecule has 1 aliphatic rings. The average Bonchev–Trinajstić information content (AvgIpc) is 2.66. The number of halogens is 3. The van der Waals surface area contributed by atoms with Gasteiger partial charge in [-0.15, -0.1) is 0 Å². The van der Waals surface area contributed by atoms with Crippen LogP contribution < -0.4 is 0 Å². The number of piperidine rings is 1. The number of alkyl halides is 3. The number of nitrogens with zero attached hydrogens (tertiary/aromatic N) is 2. The van der Waals surface area contributed by atoms with Crippen LogP contribution in [-0.4, -0.2) is 28.9 Å². The lowest BCUT2D eigenvalue weighted by Crippen LogP contribution is -2.38. The maximum atomic E-state index is 13.0. The van der Waals surface area contributed by atoms with E-state index < -0.39 is 17.0 Å². The van der Waals surface area contributed by atoms with E-state index in [1.165, 1.54) is 17.8 Å². The first kappa shape index (κ1) is 18.8. The van der Waals surface area contributed by atoms with Crippen molar-refractivity contribution in [3.05, 3.63) is 59.8 Å². The van der Waals surface area contributed by atoms with Crippen molar-refractivity contribution in [2.45, 2.75) is 35.7 Å². The number of carbonyl (C=O) groups excluding carboxylic acids is 1. The van der Waals surface area contributed by atoms with Crippen molar-refractivity contribution in [2.75, 3.05) is 13.1 Å². The number of carbonyl (C=O) groups is 1. The van der Waals surface area contributed by atoms with Crippen LogP contribution in [0, 0.1) is 0 Å². The van der Waals surface area contributed by atoms with Crippen molar-refractivity contribution in [1.29, 1.82) is 0 Å². The van der Waals surface area contributed by atoms with Crippen LogP contribution in [0.1, 0.15) is 35.6 Å². The van der Waals surface area contributed by atoms with Crippen LogP contribution in [0.3, 0.4) is 0 Å². The van der Waals surface area contributed by atoms with Crippen molar-refractivity contribution in [2.24, 2.45) is 0 Å². The largest absolute Gasteiger partial charge is 0.417 e. The van der Waals surface area contributed by atoms with E-state index in [-0.39, 0.29) is 5.91 Å². The summed E-state index contributed by atoms with van der Waals surface area (Å²) in [5, 5.41) is -0.115. The fourth-order valence-electron chi connectivity index (χ4n) is 2.91. The number of thioether (sulfide) groups is 1. The van der Waals surface area contributed by atoms with Crippen LogP contribution in [0.25, 0.3) is 0 Å². The van der Waals surface area contributed by atoms with Crippen LogP contribution in [0.4, 0.5) is 13.2 Å². The molecule has 0 N–H and O–H groups in total. The lowest BCUT2D eigenvalue weighted by Gasteiger charge is -2.30. The van der Waals surface area contributed by atoms with Crippen LogP contribution in [-0.2, 0) is 11.0 Å². The van der Waals surface area contributed by atoms with Crippen LogP contribution in [0.5, 0.6) is 0 Å². The lowest BCUT2D eigenvalue weighted by molar-refractivity contribution is -0.138. The highest BCUT2D eigenvalue weighted by Gasteiger charge is 2.32. The van der Waals surface area contributed by atoms with Gasteiger partial charge in [-0.05, 0) is 37.0 Å². The number of amides is 1. The summed E-state index contributed by atoms with van der Waals surface area (Å²) in [6.07, 6.45) is -0.519. The molecule has 3 rings (SSSR count). The second-order valence-electron chi connectivity index (χ2n) is 6.18. The molecule has 2 heterocycles. The lowest BCUT2D eigenvalue weighted by atomic mass is 10.1. The Morgan fingerprint density at radius 3 is 2.31 bits per heavy atom. The summed E-state index contributed by atoms with van der Waals surface area (Å²) in [5.41, 5.74) is 0.0373. The van der Waals surface area contributed by atoms with Gasteiger partial charge in [-0.2, -0.15) is 13.2 Å². The molecule has 26 heavy (non-hydrogen) atoms. The van der Waals surface area contributed by atoms with E-state index in [9.17, 15) is 18.0 Å².